The van der Waals surface area contributed by atoms with Crippen LogP contribution in [0.2, 0.25) is 0 Å². The number of thiazole rings is 2. The normalized spacial score (nSPS) is 13.2. The minimum Gasteiger partial charge on any atom is -0.465 e. The molecule has 0 aliphatic rings. The number of ether oxygens (including phenoxy) is 4. The highest BCUT2D eigenvalue weighted by Gasteiger charge is 2.47. The number of aromatic nitrogens is 2. The van der Waals surface area contributed by atoms with Crippen LogP contribution in [0.3, 0.4) is 0 Å². The van der Waals surface area contributed by atoms with Crippen LogP contribution in [0.25, 0.3) is 101 Å². The van der Waals surface area contributed by atoms with E-state index >= 15 is 0 Å². The first kappa shape index (κ1) is 67.4. The van der Waals surface area contributed by atoms with Crippen molar-refractivity contribution in [3.05, 3.63) is 172 Å². The molecule has 14 aromatic rings. The molecule has 6 aromatic carbocycles. The Morgan fingerprint density at radius 1 is 0.371 bits per heavy atom. The topological polar surface area (TPSA) is 114 Å². The SMILES string of the molecule is COCc1nc2c(C(C)(C)C(C)(C)c3cc4c(C)c5sc(-c6cc7c(C(=O)OC)c8sc(C(C)(C)C(C)(C)c9ccccc9)cc8c(C(=O)OC)c7s6)cc5c(C)c4s3)c3sc(C(=O)OC)nc3c(-c3cc4c(C)c5sc(C(C)(C)C(C)(C)c6ccccc6)cc5c(C)c4s3)c2s1. The third kappa shape index (κ3) is 9.95. The summed E-state index contributed by atoms with van der Waals surface area (Å²) < 4.78 is 30.8. The third-order valence-corrected chi connectivity index (χ3v) is 33.2. The van der Waals surface area contributed by atoms with Crippen LogP contribution < -0.4 is 0 Å². The number of fused-ring (bicyclic) bond motifs is 8. The van der Waals surface area contributed by atoms with Crippen molar-refractivity contribution in [1.29, 1.82) is 0 Å². The second-order valence-electron chi connectivity index (χ2n) is 29.0. The van der Waals surface area contributed by atoms with Crippen molar-refractivity contribution < 1.29 is 33.3 Å². The number of nitrogens with zero attached hydrogens (tertiary/aromatic N) is 2. The molecule has 0 saturated heterocycles. The predicted octanol–water partition coefficient (Wildman–Crippen LogP) is 24.0. The van der Waals surface area contributed by atoms with Gasteiger partial charge in [-0.2, -0.15) is 0 Å². The lowest BCUT2D eigenvalue weighted by molar-refractivity contribution is 0.0593. The van der Waals surface area contributed by atoms with Gasteiger partial charge in [0.25, 0.3) is 0 Å². The molecule has 0 radical (unpaired) electrons. The zero-order chi connectivity index (χ0) is 69.3. The number of carbonyl (C=O) groups excluding carboxylic acids is 3. The Kier molecular flexibility index (Phi) is 16.5. The lowest BCUT2D eigenvalue weighted by Gasteiger charge is -2.42. The Labute approximate surface area is 598 Å². The molecule has 0 bridgehead atoms. The second kappa shape index (κ2) is 23.7. The van der Waals surface area contributed by atoms with Gasteiger partial charge in [-0.15, -0.1) is 90.7 Å². The maximum atomic E-state index is 14.2. The highest BCUT2D eigenvalue weighted by Crippen LogP contribution is 2.59. The lowest BCUT2D eigenvalue weighted by Crippen LogP contribution is -2.40. The lowest BCUT2D eigenvalue weighted by atomic mass is 9.63. The van der Waals surface area contributed by atoms with Gasteiger partial charge < -0.3 is 18.9 Å². The highest BCUT2D eigenvalue weighted by molar-refractivity contribution is 7.29. The van der Waals surface area contributed by atoms with Crippen LogP contribution in [0.5, 0.6) is 0 Å². The zero-order valence-electron chi connectivity index (χ0n) is 58.5. The van der Waals surface area contributed by atoms with Gasteiger partial charge in [0, 0.05) is 98.7 Å². The summed E-state index contributed by atoms with van der Waals surface area (Å²) in [5.74, 6) is -1.37. The van der Waals surface area contributed by atoms with Crippen LogP contribution in [0, 0.1) is 27.7 Å². The summed E-state index contributed by atoms with van der Waals surface area (Å²) >= 11 is 13.4. The summed E-state index contributed by atoms with van der Waals surface area (Å²) in [5.41, 5.74) is 9.93. The molecule has 17 heteroatoms. The van der Waals surface area contributed by atoms with Gasteiger partial charge in [-0.1, -0.05) is 144 Å². The summed E-state index contributed by atoms with van der Waals surface area (Å²) in [6.45, 7) is 37.2. The molecule has 9 nitrogen and oxygen atoms in total. The van der Waals surface area contributed by atoms with Gasteiger partial charge in [-0.05, 0) is 130 Å². The summed E-state index contributed by atoms with van der Waals surface area (Å²) in [6, 6.07) is 35.1. The zero-order valence-corrected chi connectivity index (χ0v) is 65.0. The van der Waals surface area contributed by atoms with Crippen molar-refractivity contribution in [2.45, 2.75) is 150 Å². The number of thiophene rings is 6. The Hall–Kier alpha value is -6.77. The average Bonchev–Trinajstić information content (AvgIpc) is 1.59. The number of methoxy groups -OCH3 is 4. The van der Waals surface area contributed by atoms with Gasteiger partial charge in [0.05, 0.1) is 68.9 Å². The summed E-state index contributed by atoms with van der Waals surface area (Å²) in [5, 5.41) is 7.43. The van der Waals surface area contributed by atoms with E-state index in [-0.39, 0.29) is 16.2 Å². The van der Waals surface area contributed by atoms with Gasteiger partial charge in [-0.3, -0.25) is 0 Å². The van der Waals surface area contributed by atoms with Crippen LogP contribution in [-0.4, -0.2) is 56.3 Å². The van der Waals surface area contributed by atoms with E-state index in [1.165, 1.54) is 127 Å². The smallest absolute Gasteiger partial charge is 0.367 e. The van der Waals surface area contributed by atoms with Gasteiger partial charge >= 0.3 is 17.9 Å². The van der Waals surface area contributed by atoms with Gasteiger partial charge in [0.2, 0.25) is 5.01 Å². The number of hydrogen-bond acceptors (Lipinski definition) is 17. The maximum absolute atomic E-state index is 14.2. The fourth-order valence-corrected chi connectivity index (χ4v) is 25.0. The van der Waals surface area contributed by atoms with Gasteiger partial charge in [0.15, 0.2) is 0 Å². The molecule has 97 heavy (non-hydrogen) atoms. The number of carbonyl (C=O) groups is 3. The largest absolute Gasteiger partial charge is 0.465 e. The number of aryl methyl sites for hydroxylation is 4. The highest BCUT2D eigenvalue weighted by atomic mass is 32.1. The third-order valence-electron chi connectivity index (χ3n) is 22.6. The quantitative estimate of drug-likeness (QED) is 0.0689. The van der Waals surface area contributed by atoms with E-state index in [4.69, 9.17) is 28.9 Å². The van der Waals surface area contributed by atoms with Gasteiger partial charge in [0.1, 0.15) is 5.01 Å². The second-order valence-corrected chi connectivity index (χ2v) is 37.4. The molecule has 8 heterocycles. The molecule has 0 fully saturated rings. The van der Waals surface area contributed by atoms with Crippen LogP contribution in [0.4, 0.5) is 0 Å². The van der Waals surface area contributed by atoms with E-state index < -0.39 is 34.2 Å². The van der Waals surface area contributed by atoms with Gasteiger partial charge in [-0.25, -0.2) is 24.4 Å². The Morgan fingerprint density at radius 3 is 1.23 bits per heavy atom. The molecule has 14 rings (SSSR count). The molecule has 0 unspecified atom stereocenters. The van der Waals surface area contributed by atoms with E-state index in [9.17, 15) is 14.4 Å². The average molecular weight is 1440 g/mol. The summed E-state index contributed by atoms with van der Waals surface area (Å²) in [7, 11) is 5.99. The van der Waals surface area contributed by atoms with Crippen molar-refractivity contribution in [3.8, 4) is 20.2 Å². The summed E-state index contributed by atoms with van der Waals surface area (Å²) in [6.07, 6.45) is 0. The van der Waals surface area contributed by atoms with Crippen molar-refractivity contribution in [1.82, 2.24) is 9.97 Å². The van der Waals surface area contributed by atoms with Crippen molar-refractivity contribution >= 4 is 190 Å². The number of esters is 3. The van der Waals surface area contributed by atoms with Crippen LogP contribution in [0.15, 0.2) is 97.1 Å². The molecule has 0 amide bonds. The van der Waals surface area contributed by atoms with Crippen LogP contribution in [0.1, 0.15) is 172 Å². The molecule has 0 atom stereocenters. The molecular weight excluding hydrogens is 1360 g/mol. The Morgan fingerprint density at radius 2 is 0.753 bits per heavy atom. The standard InChI is InChI=1S/C80H78N2O7S8/c1-38-44-31-50(51-33-48-57(72(83)87-18)68-49(58(67(48)91-51)73(84)88-19)36-55(95-68)78(11,12)76(7,8)43-29-25-22-26-30-43)90-63(44)40(3)47-35-54(94-65(38)47)79(13,14)80(15,16)60-62-69(96-56(81-62)37-86-17)59(61-70(60)97-71(82-61)74(85)89-20)52-32-45-39(2)66-46(41(4)64(45)92-52)34-53(93-66)77(9,10)75(5,6)42-27-23-21-24-28-42/h21-36H,37H2,1-20H3. The monoisotopic (exact) mass is 1430 g/mol. The Balaban J connectivity index is 0.877. The van der Waals surface area contributed by atoms with Crippen LogP contribution >= 0.6 is 90.7 Å². The van der Waals surface area contributed by atoms with Crippen molar-refractivity contribution in [2.75, 3.05) is 28.4 Å². The minimum absolute atomic E-state index is 0.127. The van der Waals surface area contributed by atoms with E-state index in [1.807, 2.05) is 28.7 Å². The molecule has 498 valence electrons. The number of benzene rings is 6. The van der Waals surface area contributed by atoms with Crippen LogP contribution in [-0.2, 0) is 58.0 Å². The first-order valence-electron chi connectivity index (χ1n) is 32.4. The molecule has 0 spiro atoms. The van der Waals surface area contributed by atoms with E-state index in [1.54, 1.807) is 52.5 Å². The molecule has 0 N–H and O–H groups in total. The fraction of sp³-hybridized carbons (Fsp3) is 0.338. The van der Waals surface area contributed by atoms with Crippen molar-refractivity contribution in [2.24, 2.45) is 0 Å². The van der Waals surface area contributed by atoms with E-state index in [2.05, 4.69) is 202 Å². The van der Waals surface area contributed by atoms with E-state index in [0.29, 0.717) is 42.9 Å². The molecule has 0 saturated carbocycles. The minimum atomic E-state index is -0.607. The fourth-order valence-electron chi connectivity index (χ4n) is 14.4. The summed E-state index contributed by atoms with van der Waals surface area (Å²) in [4.78, 5) is 59.9. The first-order valence-corrected chi connectivity index (χ1v) is 39.0. The molecule has 0 aliphatic heterocycles. The predicted molar refractivity (Wildman–Crippen MR) is 417 cm³/mol. The number of hydrogen-bond donors (Lipinski definition) is 0. The maximum Gasteiger partial charge on any atom is 0.367 e. The molecule has 0 aliphatic carbocycles. The molecular formula is C80H78N2O7S8. The Bertz CT molecular complexity index is 5430. The van der Waals surface area contributed by atoms with Crippen molar-refractivity contribution in [3.63, 3.8) is 0 Å². The number of rotatable bonds is 16. The first-order chi connectivity index (χ1) is 45.8. The molecule has 8 aromatic heterocycles. The van der Waals surface area contributed by atoms with E-state index in [0.717, 1.165) is 56.1 Å².